The summed E-state index contributed by atoms with van der Waals surface area (Å²) in [5.41, 5.74) is 1.03. The van der Waals surface area contributed by atoms with Gasteiger partial charge in [-0.1, -0.05) is 6.07 Å². The number of methoxy groups -OCH3 is 1. The van der Waals surface area contributed by atoms with Gasteiger partial charge in [0.25, 0.3) is 0 Å². The van der Waals surface area contributed by atoms with Crippen molar-refractivity contribution in [1.29, 1.82) is 0 Å². The van der Waals surface area contributed by atoms with Crippen LogP contribution in [0.15, 0.2) is 47.6 Å². The molecular weight excluding hydrogens is 372 g/mol. The predicted octanol–water partition coefficient (Wildman–Crippen LogP) is 4.08. The number of aromatic nitrogens is 1. The maximum Gasteiger partial charge on any atom is 0.219 e. The Balaban J connectivity index is 1.85. The summed E-state index contributed by atoms with van der Waals surface area (Å²) in [5.74, 6) is 4.11. The lowest BCUT2D eigenvalue weighted by molar-refractivity contribution is 0.412. The first-order valence-corrected chi connectivity index (χ1v) is 10.9. The average Bonchev–Trinajstić information content (AvgIpc) is 2.73. The lowest BCUT2D eigenvalue weighted by Crippen LogP contribution is -2.37. The number of thioether (sulfide) groups is 1. The molecule has 28 heavy (non-hydrogen) atoms. The van der Waals surface area contributed by atoms with Crippen molar-refractivity contribution in [1.82, 2.24) is 15.6 Å². The molecule has 0 amide bonds. The topological polar surface area (TPSA) is 67.8 Å². The molecule has 2 N–H and O–H groups in total. The number of hydrogen-bond donors (Lipinski definition) is 2. The van der Waals surface area contributed by atoms with Gasteiger partial charge in [-0.05, 0) is 61.6 Å². The van der Waals surface area contributed by atoms with Crippen LogP contribution in [-0.4, -0.2) is 43.2 Å². The minimum absolute atomic E-state index is 0.553. The van der Waals surface area contributed by atoms with E-state index in [9.17, 15) is 0 Å². The smallest absolute Gasteiger partial charge is 0.219 e. The summed E-state index contributed by atoms with van der Waals surface area (Å²) >= 11 is 1.88. The van der Waals surface area contributed by atoms with Crippen molar-refractivity contribution in [2.45, 2.75) is 26.3 Å². The number of pyridine rings is 1. The molecule has 1 heterocycles. The van der Waals surface area contributed by atoms with E-state index in [0.29, 0.717) is 12.4 Å². The molecule has 0 radical (unpaired) electrons. The summed E-state index contributed by atoms with van der Waals surface area (Å²) in [6.45, 7) is 4.40. The highest BCUT2D eigenvalue weighted by molar-refractivity contribution is 7.98. The summed E-state index contributed by atoms with van der Waals surface area (Å²) in [7, 11) is 1.64. The van der Waals surface area contributed by atoms with E-state index in [-0.39, 0.29) is 0 Å². The Bertz CT molecular complexity index is 705. The lowest BCUT2D eigenvalue weighted by Gasteiger charge is -2.11. The summed E-state index contributed by atoms with van der Waals surface area (Å²) in [6, 6.07) is 11.3. The number of hydrogen-bond acceptors (Lipinski definition) is 5. The Morgan fingerprint density at radius 3 is 2.50 bits per heavy atom. The highest BCUT2D eigenvalue weighted by atomic mass is 32.2. The molecule has 152 valence electrons. The van der Waals surface area contributed by atoms with Crippen LogP contribution in [0.1, 0.15) is 25.3 Å². The molecule has 0 aliphatic carbocycles. The highest BCUT2D eigenvalue weighted by Gasteiger charge is 2.01. The number of guanidine groups is 1. The van der Waals surface area contributed by atoms with Crippen LogP contribution in [0.2, 0.25) is 0 Å². The quantitative estimate of drug-likeness (QED) is 0.335. The standard InChI is InChI=1S/C21H30N4O2S/c1-4-22-21(23-13-5-6-14-28-3)25-16-17-7-12-20(24-15-17)27-19-10-8-18(26-2)9-11-19/h7-12,15H,4-6,13-14,16H2,1-3H3,(H2,22,23,25). The van der Waals surface area contributed by atoms with Crippen molar-refractivity contribution in [2.24, 2.45) is 4.99 Å². The molecule has 0 fully saturated rings. The van der Waals surface area contributed by atoms with Crippen molar-refractivity contribution >= 4 is 17.7 Å². The lowest BCUT2D eigenvalue weighted by atomic mass is 10.3. The van der Waals surface area contributed by atoms with Crippen LogP contribution in [-0.2, 0) is 6.54 Å². The van der Waals surface area contributed by atoms with Crippen molar-refractivity contribution in [3.05, 3.63) is 48.2 Å². The van der Waals surface area contributed by atoms with Gasteiger partial charge in [-0.3, -0.25) is 0 Å². The summed E-state index contributed by atoms with van der Waals surface area (Å²) in [4.78, 5) is 9.00. The molecule has 0 bridgehead atoms. The zero-order valence-corrected chi connectivity index (χ0v) is 17.7. The molecule has 1 aromatic carbocycles. The first-order chi connectivity index (χ1) is 13.7. The number of nitrogens with zero attached hydrogens (tertiary/aromatic N) is 2. The Labute approximate surface area is 172 Å². The van der Waals surface area contributed by atoms with Crippen LogP contribution < -0.4 is 20.1 Å². The Morgan fingerprint density at radius 2 is 1.86 bits per heavy atom. The van der Waals surface area contributed by atoms with E-state index < -0.39 is 0 Å². The third-order valence-electron chi connectivity index (χ3n) is 3.91. The molecule has 0 spiro atoms. The molecular formula is C21H30N4O2S. The van der Waals surface area contributed by atoms with Crippen LogP contribution >= 0.6 is 11.8 Å². The minimum atomic E-state index is 0.553. The molecule has 0 aliphatic rings. The van der Waals surface area contributed by atoms with Crippen LogP contribution in [0, 0.1) is 0 Å². The SMILES string of the molecule is CCNC(=NCc1ccc(Oc2ccc(OC)cc2)nc1)NCCCCSC. The maximum absolute atomic E-state index is 5.75. The third-order valence-corrected chi connectivity index (χ3v) is 4.61. The van der Waals surface area contributed by atoms with Crippen LogP contribution in [0.5, 0.6) is 17.4 Å². The van der Waals surface area contributed by atoms with E-state index in [1.807, 2.05) is 48.2 Å². The zero-order valence-electron chi connectivity index (χ0n) is 16.9. The van der Waals surface area contributed by atoms with Gasteiger partial charge in [0, 0.05) is 25.4 Å². The number of unbranched alkanes of at least 4 members (excludes halogenated alkanes) is 1. The van der Waals surface area contributed by atoms with Gasteiger partial charge in [-0.2, -0.15) is 11.8 Å². The van der Waals surface area contributed by atoms with Gasteiger partial charge in [0.1, 0.15) is 11.5 Å². The molecule has 0 saturated heterocycles. The van der Waals surface area contributed by atoms with Gasteiger partial charge < -0.3 is 20.1 Å². The number of benzene rings is 1. The predicted molar refractivity (Wildman–Crippen MR) is 118 cm³/mol. The van der Waals surface area contributed by atoms with Crippen LogP contribution in [0.4, 0.5) is 0 Å². The van der Waals surface area contributed by atoms with Crippen LogP contribution in [0.3, 0.4) is 0 Å². The second-order valence-electron chi connectivity index (χ2n) is 6.10. The van der Waals surface area contributed by atoms with Crippen molar-refractivity contribution < 1.29 is 9.47 Å². The molecule has 2 aromatic rings. The molecule has 1 aromatic heterocycles. The fourth-order valence-corrected chi connectivity index (χ4v) is 2.91. The summed E-state index contributed by atoms with van der Waals surface area (Å²) in [6.07, 6.45) is 6.29. The zero-order chi connectivity index (χ0) is 20.0. The molecule has 0 unspecified atom stereocenters. The molecule has 0 aliphatic heterocycles. The van der Waals surface area contributed by atoms with Crippen molar-refractivity contribution in [3.8, 4) is 17.4 Å². The van der Waals surface area contributed by atoms with Gasteiger partial charge >= 0.3 is 0 Å². The van der Waals surface area contributed by atoms with E-state index in [4.69, 9.17) is 9.47 Å². The highest BCUT2D eigenvalue weighted by Crippen LogP contribution is 2.22. The number of nitrogens with one attached hydrogen (secondary N) is 2. The third kappa shape index (κ3) is 8.08. The van der Waals surface area contributed by atoms with E-state index in [2.05, 4.69) is 33.8 Å². The Morgan fingerprint density at radius 1 is 1.07 bits per heavy atom. The maximum atomic E-state index is 5.75. The second kappa shape index (κ2) is 12.9. The Hall–Kier alpha value is -2.41. The van der Waals surface area contributed by atoms with Crippen LogP contribution in [0.25, 0.3) is 0 Å². The van der Waals surface area contributed by atoms with E-state index in [1.165, 1.54) is 12.2 Å². The number of aliphatic imine (C=N–C) groups is 1. The molecule has 0 atom stereocenters. The Kier molecular flexibility index (Phi) is 10.1. The summed E-state index contributed by atoms with van der Waals surface area (Å²) < 4.78 is 10.9. The average molecular weight is 403 g/mol. The van der Waals surface area contributed by atoms with Crippen molar-refractivity contribution in [2.75, 3.05) is 32.2 Å². The summed E-state index contributed by atoms with van der Waals surface area (Å²) in [5, 5.41) is 6.65. The fourth-order valence-electron chi connectivity index (χ4n) is 2.42. The van der Waals surface area contributed by atoms with E-state index >= 15 is 0 Å². The van der Waals surface area contributed by atoms with Gasteiger partial charge in [0.15, 0.2) is 5.96 Å². The van der Waals surface area contributed by atoms with E-state index in [1.54, 1.807) is 13.3 Å². The van der Waals surface area contributed by atoms with Gasteiger partial charge in [0.05, 0.1) is 13.7 Å². The van der Waals surface area contributed by atoms with Gasteiger partial charge in [-0.15, -0.1) is 0 Å². The molecule has 7 heteroatoms. The first-order valence-electron chi connectivity index (χ1n) is 9.53. The minimum Gasteiger partial charge on any atom is -0.497 e. The van der Waals surface area contributed by atoms with E-state index in [0.717, 1.165) is 42.5 Å². The fraction of sp³-hybridized carbons (Fsp3) is 0.429. The molecule has 6 nitrogen and oxygen atoms in total. The molecule has 2 rings (SSSR count). The number of ether oxygens (including phenoxy) is 2. The van der Waals surface area contributed by atoms with Gasteiger partial charge in [0.2, 0.25) is 5.88 Å². The van der Waals surface area contributed by atoms with Crippen molar-refractivity contribution in [3.63, 3.8) is 0 Å². The molecule has 0 saturated carbocycles. The van der Waals surface area contributed by atoms with Gasteiger partial charge in [-0.25, -0.2) is 9.98 Å². The normalized spacial score (nSPS) is 11.2. The largest absolute Gasteiger partial charge is 0.497 e. The second-order valence-corrected chi connectivity index (χ2v) is 7.09. The first kappa shape index (κ1) is 21.9. The number of rotatable bonds is 11. The monoisotopic (exact) mass is 402 g/mol.